The summed E-state index contributed by atoms with van der Waals surface area (Å²) in [6, 6.07) is 0.0664. The number of halogens is 2. The first-order valence-corrected chi connectivity index (χ1v) is 17.3. The second-order valence-corrected chi connectivity index (χ2v) is 18.1. The van der Waals surface area contributed by atoms with Gasteiger partial charge >= 0.3 is 5.97 Å². The van der Waals surface area contributed by atoms with Crippen molar-refractivity contribution in [3.63, 3.8) is 0 Å². The van der Waals surface area contributed by atoms with Gasteiger partial charge in [0.05, 0.1) is 17.2 Å². The highest BCUT2D eigenvalue weighted by Gasteiger charge is 2.69. The molecule has 7 atom stereocenters. The predicted octanol–water partition coefficient (Wildman–Crippen LogP) is 9.53. The fourth-order valence-corrected chi connectivity index (χ4v) is 12.6. The van der Waals surface area contributed by atoms with Crippen LogP contribution in [0.15, 0.2) is 17.8 Å². The molecule has 4 fully saturated rings. The van der Waals surface area contributed by atoms with Crippen molar-refractivity contribution in [2.75, 3.05) is 0 Å². The quantitative estimate of drug-likeness (QED) is 0.346. The second kappa shape index (κ2) is 8.96. The number of hydrogen-bond acceptors (Lipinski definition) is 2. The van der Waals surface area contributed by atoms with Crippen LogP contribution < -0.4 is 0 Å². The highest BCUT2D eigenvalue weighted by atomic mass is 19.3. The number of carbonyl (C=O) groups is 1. The summed E-state index contributed by atoms with van der Waals surface area (Å²) in [6.07, 6.45) is 14.6. The molecule has 43 heavy (non-hydrogen) atoms. The Kier molecular flexibility index (Phi) is 6.24. The minimum atomic E-state index is -2.53. The van der Waals surface area contributed by atoms with Crippen molar-refractivity contribution in [3.8, 4) is 0 Å². The molecule has 0 saturated heterocycles. The normalized spacial score (nSPS) is 44.6. The lowest BCUT2D eigenvalue weighted by Crippen LogP contribution is -2.64. The van der Waals surface area contributed by atoms with E-state index in [1.54, 1.807) is 0 Å². The summed E-state index contributed by atoms with van der Waals surface area (Å²) in [7, 11) is 0. The van der Waals surface area contributed by atoms with Gasteiger partial charge in [-0.3, -0.25) is 9.48 Å². The lowest BCUT2D eigenvalue weighted by molar-refractivity contribution is -0.177. The molecule has 1 heterocycles. The van der Waals surface area contributed by atoms with E-state index < -0.39 is 17.3 Å². The number of aliphatic carboxylic acids is 1. The average molecular weight is 597 g/mol. The molecule has 7 rings (SSSR count). The second-order valence-electron chi connectivity index (χ2n) is 18.1. The Labute approximate surface area is 257 Å². The summed E-state index contributed by atoms with van der Waals surface area (Å²) in [5.74, 6) is -1.97. The molecule has 6 heteroatoms. The molecule has 0 aliphatic heterocycles. The van der Waals surface area contributed by atoms with Crippen LogP contribution in [-0.2, 0) is 16.6 Å². The molecule has 0 aromatic carbocycles. The van der Waals surface area contributed by atoms with E-state index in [-0.39, 0.29) is 51.9 Å². The number of nitrogens with zero attached hydrogens (tertiary/aromatic N) is 2. The van der Waals surface area contributed by atoms with Gasteiger partial charge in [0.25, 0.3) is 0 Å². The van der Waals surface area contributed by atoms with Crippen LogP contribution in [0.4, 0.5) is 8.78 Å². The van der Waals surface area contributed by atoms with Gasteiger partial charge in [-0.2, -0.15) is 5.10 Å². The van der Waals surface area contributed by atoms with E-state index in [1.807, 2.05) is 0 Å². The van der Waals surface area contributed by atoms with E-state index in [9.17, 15) is 18.7 Å². The zero-order valence-electron chi connectivity index (χ0n) is 27.7. The first-order valence-electron chi connectivity index (χ1n) is 17.3. The molecule has 6 aliphatic carbocycles. The molecule has 6 aliphatic rings. The van der Waals surface area contributed by atoms with Gasteiger partial charge in [-0.15, -0.1) is 0 Å². The number of hydrogen-bond donors (Lipinski definition) is 1. The molecule has 0 bridgehead atoms. The van der Waals surface area contributed by atoms with Crippen molar-refractivity contribution in [3.05, 3.63) is 29.1 Å². The lowest BCUT2D eigenvalue weighted by Gasteiger charge is -2.70. The van der Waals surface area contributed by atoms with E-state index in [1.165, 1.54) is 23.3 Å². The molecule has 4 nitrogen and oxygen atoms in total. The van der Waals surface area contributed by atoms with Gasteiger partial charge in [0, 0.05) is 24.5 Å². The topological polar surface area (TPSA) is 55.1 Å². The van der Waals surface area contributed by atoms with E-state index in [0.717, 1.165) is 51.4 Å². The van der Waals surface area contributed by atoms with Crippen LogP contribution in [0.5, 0.6) is 0 Å². The zero-order valence-corrected chi connectivity index (χ0v) is 27.7. The number of aromatic nitrogens is 2. The number of allylic oxidation sites excluding steroid dienone is 2. The standard InChI is InChI=1S/C37H54F2N2O2/c1-31(2)16-18-36(30(42)43)19-17-34(6)25(26(36)21-31)8-9-28-33(5)20-23-22-41(24-10-14-37(38,39)15-11-24)40-29(23)32(3,4)27(33)12-13-35(28,34)7/h8,22,24,26-28H,9-21H2,1-7H3,(H,42,43)/t26-,27-,28+,33-,34+,35+,36-/m0/s1. The van der Waals surface area contributed by atoms with Crippen molar-refractivity contribution in [2.24, 2.45) is 44.8 Å². The van der Waals surface area contributed by atoms with Crippen molar-refractivity contribution in [1.82, 2.24) is 9.78 Å². The maximum atomic E-state index is 14.0. The van der Waals surface area contributed by atoms with Crippen molar-refractivity contribution in [1.29, 1.82) is 0 Å². The average Bonchev–Trinajstić information content (AvgIpc) is 3.33. The number of alkyl halides is 2. The van der Waals surface area contributed by atoms with Gasteiger partial charge in [0.1, 0.15) is 0 Å². The number of rotatable bonds is 2. The monoisotopic (exact) mass is 596 g/mol. The Balaban J connectivity index is 1.26. The summed E-state index contributed by atoms with van der Waals surface area (Å²) >= 11 is 0. The number of carboxylic acids is 1. The molecule has 0 spiro atoms. The van der Waals surface area contributed by atoms with Gasteiger partial charge in [0.15, 0.2) is 0 Å². The molecule has 0 radical (unpaired) electrons. The molecule has 1 N–H and O–H groups in total. The third-order valence-electron chi connectivity index (χ3n) is 15.3. The van der Waals surface area contributed by atoms with Gasteiger partial charge in [-0.25, -0.2) is 8.78 Å². The Bertz CT molecular complexity index is 1370. The van der Waals surface area contributed by atoms with Crippen LogP contribution >= 0.6 is 0 Å². The van der Waals surface area contributed by atoms with Crippen LogP contribution in [0.3, 0.4) is 0 Å². The summed E-state index contributed by atoms with van der Waals surface area (Å²) in [5.41, 5.74) is 3.68. The minimum absolute atomic E-state index is 0.00284. The zero-order chi connectivity index (χ0) is 31.0. The predicted molar refractivity (Wildman–Crippen MR) is 165 cm³/mol. The fourth-order valence-electron chi connectivity index (χ4n) is 12.6. The summed E-state index contributed by atoms with van der Waals surface area (Å²) < 4.78 is 30.0. The van der Waals surface area contributed by atoms with Crippen LogP contribution in [-0.4, -0.2) is 26.8 Å². The van der Waals surface area contributed by atoms with Gasteiger partial charge < -0.3 is 5.11 Å². The fraction of sp³-hybridized carbons (Fsp3) is 0.838. The third-order valence-corrected chi connectivity index (χ3v) is 15.3. The van der Waals surface area contributed by atoms with Gasteiger partial charge in [-0.05, 0) is 116 Å². The maximum Gasteiger partial charge on any atom is 0.310 e. The Hall–Kier alpha value is -1.72. The minimum Gasteiger partial charge on any atom is -0.481 e. The van der Waals surface area contributed by atoms with E-state index in [4.69, 9.17) is 5.10 Å². The molecular weight excluding hydrogens is 542 g/mol. The smallest absolute Gasteiger partial charge is 0.310 e. The first-order chi connectivity index (χ1) is 19.9. The van der Waals surface area contributed by atoms with Crippen LogP contribution in [0.2, 0.25) is 0 Å². The van der Waals surface area contributed by atoms with Crippen LogP contribution in [0.1, 0.15) is 143 Å². The summed E-state index contributed by atoms with van der Waals surface area (Å²) in [4.78, 5) is 13.0. The molecule has 238 valence electrons. The van der Waals surface area contributed by atoms with E-state index in [2.05, 4.69) is 65.4 Å². The summed E-state index contributed by atoms with van der Waals surface area (Å²) in [6.45, 7) is 17.1. The third kappa shape index (κ3) is 3.95. The molecule has 4 saturated carbocycles. The largest absolute Gasteiger partial charge is 0.481 e. The number of carboxylic acid groups (broad SMARTS) is 1. The summed E-state index contributed by atoms with van der Waals surface area (Å²) in [5, 5.41) is 15.8. The van der Waals surface area contributed by atoms with E-state index >= 15 is 0 Å². The maximum absolute atomic E-state index is 14.0. The highest BCUT2D eigenvalue weighted by Crippen LogP contribution is 2.75. The van der Waals surface area contributed by atoms with Crippen molar-refractivity contribution < 1.29 is 18.7 Å². The van der Waals surface area contributed by atoms with Gasteiger partial charge in [0.2, 0.25) is 5.92 Å². The lowest BCUT2D eigenvalue weighted by atomic mass is 9.33. The Morgan fingerprint density at radius 3 is 2.26 bits per heavy atom. The van der Waals surface area contributed by atoms with Crippen LogP contribution in [0.25, 0.3) is 0 Å². The highest BCUT2D eigenvalue weighted by molar-refractivity contribution is 5.76. The molecule has 1 aromatic heterocycles. The Morgan fingerprint density at radius 2 is 1.58 bits per heavy atom. The van der Waals surface area contributed by atoms with E-state index in [0.29, 0.717) is 24.7 Å². The Morgan fingerprint density at radius 1 is 0.907 bits per heavy atom. The molecule has 0 unspecified atom stereocenters. The SMILES string of the molecule is CC1(C)CC[C@]2(C(=O)O)CC[C@]3(C)C(=CC[C@@H]4[C@@]5(C)Cc6cn(C7CCC(F)(F)CC7)nc6C(C)(C)[C@@H]5CC[C@]43C)[C@@H]2C1. The van der Waals surface area contributed by atoms with Gasteiger partial charge in [-0.1, -0.05) is 60.1 Å². The molecule has 0 amide bonds. The molecular formula is C37H54F2N2O2. The molecule has 1 aromatic rings. The first kappa shape index (κ1) is 30.0. The number of fused-ring (bicyclic) bond motifs is 8. The van der Waals surface area contributed by atoms with Crippen molar-refractivity contribution >= 4 is 5.97 Å². The van der Waals surface area contributed by atoms with Crippen molar-refractivity contribution in [2.45, 2.75) is 149 Å². The van der Waals surface area contributed by atoms with Crippen LogP contribution in [0, 0.1) is 44.8 Å².